The van der Waals surface area contributed by atoms with Gasteiger partial charge in [-0.2, -0.15) is 0 Å². The Morgan fingerprint density at radius 1 is 1.29 bits per heavy atom. The molecule has 0 saturated heterocycles. The second kappa shape index (κ2) is 3.86. The first-order chi connectivity index (χ1) is 8.17. The molecule has 1 aliphatic carbocycles. The smallest absolute Gasteiger partial charge is 0.0679 e. The van der Waals surface area contributed by atoms with Crippen LogP contribution in [0.25, 0.3) is 5.57 Å². The lowest BCUT2D eigenvalue weighted by atomic mass is 9.87. The highest BCUT2D eigenvalue weighted by molar-refractivity contribution is 5.69. The number of allylic oxidation sites excluding steroid dienone is 2. The maximum Gasteiger partial charge on any atom is 0.0679 e. The normalized spacial score (nSPS) is 21.6. The van der Waals surface area contributed by atoms with Crippen molar-refractivity contribution in [2.45, 2.75) is 44.9 Å². The summed E-state index contributed by atoms with van der Waals surface area (Å²) in [6.07, 6.45) is 9.48. The molecule has 0 radical (unpaired) electrons. The van der Waals surface area contributed by atoms with Crippen molar-refractivity contribution in [3.63, 3.8) is 0 Å². The Morgan fingerprint density at radius 3 is 2.94 bits per heavy atom. The van der Waals surface area contributed by atoms with E-state index in [1.54, 1.807) is 0 Å². The summed E-state index contributed by atoms with van der Waals surface area (Å²) >= 11 is 0. The predicted molar refractivity (Wildman–Crippen MR) is 72.2 cm³/mol. The van der Waals surface area contributed by atoms with E-state index in [9.17, 15) is 0 Å². The van der Waals surface area contributed by atoms with Crippen LogP contribution in [0.5, 0.6) is 0 Å². The highest BCUT2D eigenvalue weighted by Gasteiger charge is 2.30. The van der Waals surface area contributed by atoms with E-state index in [1.165, 1.54) is 48.2 Å². The van der Waals surface area contributed by atoms with Crippen molar-refractivity contribution in [2.75, 3.05) is 11.9 Å². The van der Waals surface area contributed by atoms with Crippen LogP contribution in [-0.4, -0.2) is 11.5 Å². The maximum absolute atomic E-state index is 4.66. The van der Waals surface area contributed by atoms with Gasteiger partial charge in [0.25, 0.3) is 0 Å². The van der Waals surface area contributed by atoms with E-state index in [1.807, 2.05) is 0 Å². The summed E-state index contributed by atoms with van der Waals surface area (Å²) in [5.74, 6) is 0. The quantitative estimate of drug-likeness (QED) is 0.792. The molecule has 1 aromatic heterocycles. The number of aromatic nitrogens is 1. The van der Waals surface area contributed by atoms with Crippen molar-refractivity contribution in [2.24, 2.45) is 0 Å². The van der Waals surface area contributed by atoms with Crippen molar-refractivity contribution >= 4 is 11.3 Å². The molecule has 2 aliphatic rings. The molecule has 90 valence electrons. The van der Waals surface area contributed by atoms with Crippen LogP contribution in [0.3, 0.4) is 0 Å². The number of rotatable bonds is 1. The van der Waals surface area contributed by atoms with Gasteiger partial charge >= 0.3 is 0 Å². The van der Waals surface area contributed by atoms with Gasteiger partial charge in [0, 0.05) is 29.4 Å². The van der Waals surface area contributed by atoms with Crippen molar-refractivity contribution in [3.8, 4) is 0 Å². The molecule has 1 aliphatic heterocycles. The second-order valence-electron chi connectivity index (χ2n) is 5.83. The van der Waals surface area contributed by atoms with Gasteiger partial charge in [-0.15, -0.1) is 0 Å². The lowest BCUT2D eigenvalue weighted by Gasteiger charge is -2.17. The standard InChI is InChI=1S/C15H20N2/c1-15(2)10-17-14-8-13(16-9-12(14)15)11-6-4-3-5-7-11/h6,8-9,17H,3-5,7,10H2,1-2H3. The molecular weight excluding hydrogens is 208 g/mol. The van der Waals surface area contributed by atoms with Gasteiger partial charge in [-0.1, -0.05) is 19.9 Å². The minimum absolute atomic E-state index is 0.224. The molecular formula is C15H20N2. The van der Waals surface area contributed by atoms with E-state index in [4.69, 9.17) is 0 Å². The molecule has 0 aromatic carbocycles. The maximum atomic E-state index is 4.66. The first-order valence-electron chi connectivity index (χ1n) is 6.61. The number of fused-ring (bicyclic) bond motifs is 1. The number of anilines is 1. The van der Waals surface area contributed by atoms with Crippen LogP contribution in [-0.2, 0) is 5.41 Å². The van der Waals surface area contributed by atoms with Crippen LogP contribution in [0.4, 0.5) is 5.69 Å². The van der Waals surface area contributed by atoms with Crippen molar-refractivity contribution < 1.29 is 0 Å². The molecule has 0 unspecified atom stereocenters. The molecule has 0 amide bonds. The molecule has 2 heterocycles. The minimum Gasteiger partial charge on any atom is -0.384 e. The lowest BCUT2D eigenvalue weighted by molar-refractivity contribution is 0.584. The summed E-state index contributed by atoms with van der Waals surface area (Å²) in [5.41, 5.74) is 5.48. The van der Waals surface area contributed by atoms with E-state index in [-0.39, 0.29) is 5.41 Å². The van der Waals surface area contributed by atoms with Crippen LogP contribution in [0.15, 0.2) is 18.3 Å². The van der Waals surface area contributed by atoms with Gasteiger partial charge in [0.1, 0.15) is 0 Å². The Morgan fingerprint density at radius 2 is 2.18 bits per heavy atom. The van der Waals surface area contributed by atoms with Crippen molar-refractivity contribution in [1.82, 2.24) is 4.98 Å². The second-order valence-corrected chi connectivity index (χ2v) is 5.83. The summed E-state index contributed by atoms with van der Waals surface area (Å²) in [5, 5.41) is 3.50. The van der Waals surface area contributed by atoms with Gasteiger partial charge in [0.15, 0.2) is 0 Å². The average Bonchev–Trinajstić information content (AvgIpc) is 2.66. The van der Waals surface area contributed by atoms with Gasteiger partial charge in [-0.25, -0.2) is 0 Å². The number of hydrogen-bond donors (Lipinski definition) is 1. The topological polar surface area (TPSA) is 24.9 Å². The third kappa shape index (κ3) is 1.86. The fourth-order valence-electron chi connectivity index (χ4n) is 2.80. The third-order valence-electron chi connectivity index (χ3n) is 3.97. The van der Waals surface area contributed by atoms with Crippen LogP contribution in [0.1, 0.15) is 50.8 Å². The van der Waals surface area contributed by atoms with Crippen molar-refractivity contribution in [1.29, 1.82) is 0 Å². The zero-order chi connectivity index (χ0) is 11.9. The van der Waals surface area contributed by atoms with Gasteiger partial charge in [-0.05, 0) is 37.3 Å². The average molecular weight is 228 g/mol. The molecule has 0 spiro atoms. The van der Waals surface area contributed by atoms with Crippen LogP contribution < -0.4 is 5.32 Å². The van der Waals surface area contributed by atoms with Gasteiger partial charge < -0.3 is 5.32 Å². The van der Waals surface area contributed by atoms with Gasteiger partial charge in [0.05, 0.1) is 5.69 Å². The molecule has 0 atom stereocenters. The highest BCUT2D eigenvalue weighted by Crippen LogP contribution is 2.37. The molecule has 0 fully saturated rings. The lowest BCUT2D eigenvalue weighted by Crippen LogP contribution is -2.19. The van der Waals surface area contributed by atoms with E-state index in [0.29, 0.717) is 0 Å². The first-order valence-corrected chi connectivity index (χ1v) is 6.61. The van der Waals surface area contributed by atoms with E-state index < -0.39 is 0 Å². The Hall–Kier alpha value is -1.31. The monoisotopic (exact) mass is 228 g/mol. The largest absolute Gasteiger partial charge is 0.384 e. The molecule has 1 N–H and O–H groups in total. The van der Waals surface area contributed by atoms with Crippen LogP contribution in [0, 0.1) is 0 Å². The number of nitrogens with one attached hydrogen (secondary N) is 1. The Balaban J connectivity index is 1.97. The summed E-state index contributed by atoms with van der Waals surface area (Å²) < 4.78 is 0. The Bertz CT molecular complexity index is 472. The summed E-state index contributed by atoms with van der Waals surface area (Å²) in [6, 6.07) is 2.24. The predicted octanol–water partition coefficient (Wildman–Crippen LogP) is 3.74. The Kier molecular flexibility index (Phi) is 2.46. The van der Waals surface area contributed by atoms with Crippen molar-refractivity contribution in [3.05, 3.63) is 29.6 Å². The van der Waals surface area contributed by atoms with E-state index in [0.717, 1.165) is 6.54 Å². The first kappa shape index (κ1) is 10.8. The van der Waals surface area contributed by atoms with Gasteiger partial charge in [0.2, 0.25) is 0 Å². The van der Waals surface area contributed by atoms with E-state index in [2.05, 4.69) is 42.5 Å². The van der Waals surface area contributed by atoms with Crippen LogP contribution in [0.2, 0.25) is 0 Å². The summed E-state index contributed by atoms with van der Waals surface area (Å²) in [7, 11) is 0. The fourth-order valence-corrected chi connectivity index (χ4v) is 2.80. The molecule has 2 heteroatoms. The molecule has 0 saturated carbocycles. The third-order valence-corrected chi connectivity index (χ3v) is 3.97. The molecule has 0 bridgehead atoms. The zero-order valence-corrected chi connectivity index (χ0v) is 10.7. The number of nitrogens with zero attached hydrogens (tertiary/aromatic N) is 1. The minimum atomic E-state index is 0.224. The summed E-state index contributed by atoms with van der Waals surface area (Å²) in [6.45, 7) is 5.56. The molecule has 2 nitrogen and oxygen atoms in total. The molecule has 17 heavy (non-hydrogen) atoms. The SMILES string of the molecule is CC1(C)CNc2cc(C3=CCCCC3)ncc21. The Labute approximate surface area is 103 Å². The zero-order valence-electron chi connectivity index (χ0n) is 10.7. The van der Waals surface area contributed by atoms with Crippen LogP contribution >= 0.6 is 0 Å². The molecule has 3 rings (SSSR count). The molecule has 1 aromatic rings. The number of pyridine rings is 1. The number of hydrogen-bond acceptors (Lipinski definition) is 2. The van der Waals surface area contributed by atoms with Gasteiger partial charge in [-0.3, -0.25) is 4.98 Å². The highest BCUT2D eigenvalue weighted by atomic mass is 14.9. The fraction of sp³-hybridized carbons (Fsp3) is 0.533. The summed E-state index contributed by atoms with van der Waals surface area (Å²) in [4.78, 5) is 4.66. The van der Waals surface area contributed by atoms with E-state index >= 15 is 0 Å².